The maximum Gasteiger partial charge on any atom is 0.232 e. The third-order valence-electron chi connectivity index (χ3n) is 2.21. The fourth-order valence-electron chi connectivity index (χ4n) is 1.45. The average Bonchev–Trinajstić information content (AvgIpc) is 2.74. The van der Waals surface area contributed by atoms with Gasteiger partial charge in [-0.1, -0.05) is 0 Å². The second-order valence-corrected chi connectivity index (χ2v) is 5.46. The minimum absolute atomic E-state index is 0.424. The molecule has 0 saturated carbocycles. The summed E-state index contributed by atoms with van der Waals surface area (Å²) in [6.07, 6.45) is 3.15. The summed E-state index contributed by atoms with van der Waals surface area (Å²) in [6, 6.07) is 1.64. The predicted octanol–water partition coefficient (Wildman–Crippen LogP) is 1.69. The number of hydrogen-bond acceptors (Lipinski definition) is 3. The fourth-order valence-corrected chi connectivity index (χ4v) is 2.22. The number of benzene rings is 1. The fraction of sp³-hybridized carbons (Fsp3) is 0.100. The van der Waals surface area contributed by atoms with Gasteiger partial charge in [0.1, 0.15) is 0 Å². The molecule has 0 atom stereocenters. The minimum Gasteiger partial charge on any atom is -0.288 e. The van der Waals surface area contributed by atoms with Crippen LogP contribution < -0.4 is 0 Å². The third-order valence-corrected chi connectivity index (χ3v) is 3.18. The molecule has 0 aliphatic heterocycles. The molecule has 4 nitrogen and oxygen atoms in total. The molecule has 0 bridgehead atoms. The molecule has 0 amide bonds. The highest BCUT2D eigenvalue weighted by Gasteiger charge is 2.20. The number of aromatic nitrogens is 2. The van der Waals surface area contributed by atoms with Gasteiger partial charge in [0.05, 0.1) is 5.69 Å². The summed E-state index contributed by atoms with van der Waals surface area (Å²) in [5, 5.41) is -0.451. The summed E-state index contributed by atoms with van der Waals surface area (Å²) in [5.41, 5.74) is -0.424. The van der Waals surface area contributed by atoms with E-state index in [1.54, 1.807) is 0 Å². The molecular formula is C10H7F3N2O2S. The SMILES string of the molecule is CS(=O)(=O)c1nccn1-c1ccc(F)c(F)c1F. The zero-order valence-electron chi connectivity index (χ0n) is 9.06. The van der Waals surface area contributed by atoms with Crippen LogP contribution in [0.1, 0.15) is 0 Å². The molecular weight excluding hydrogens is 269 g/mol. The lowest BCUT2D eigenvalue weighted by molar-refractivity contribution is 0.443. The Balaban J connectivity index is 2.72. The Hall–Kier alpha value is -1.83. The third kappa shape index (κ3) is 1.99. The van der Waals surface area contributed by atoms with Crippen molar-refractivity contribution in [2.24, 2.45) is 0 Å². The van der Waals surface area contributed by atoms with Crippen LogP contribution in [0, 0.1) is 17.5 Å². The highest BCUT2D eigenvalue weighted by molar-refractivity contribution is 7.90. The van der Waals surface area contributed by atoms with E-state index in [0.29, 0.717) is 6.07 Å². The maximum absolute atomic E-state index is 13.5. The van der Waals surface area contributed by atoms with E-state index < -0.39 is 38.1 Å². The summed E-state index contributed by atoms with van der Waals surface area (Å²) >= 11 is 0. The van der Waals surface area contributed by atoms with Crippen molar-refractivity contribution in [1.29, 1.82) is 0 Å². The van der Waals surface area contributed by atoms with Crippen molar-refractivity contribution in [1.82, 2.24) is 9.55 Å². The first-order valence-electron chi connectivity index (χ1n) is 4.69. The molecule has 0 aliphatic carbocycles. The highest BCUT2D eigenvalue weighted by Crippen LogP contribution is 2.21. The van der Waals surface area contributed by atoms with Crippen LogP contribution in [0.25, 0.3) is 5.69 Å². The largest absolute Gasteiger partial charge is 0.288 e. The monoisotopic (exact) mass is 276 g/mol. The molecule has 0 fully saturated rings. The van der Waals surface area contributed by atoms with Crippen molar-refractivity contribution in [3.63, 3.8) is 0 Å². The normalized spacial score (nSPS) is 11.8. The molecule has 0 radical (unpaired) electrons. The Kier molecular flexibility index (Phi) is 2.89. The number of hydrogen-bond donors (Lipinski definition) is 0. The van der Waals surface area contributed by atoms with E-state index in [9.17, 15) is 21.6 Å². The molecule has 0 unspecified atom stereocenters. The van der Waals surface area contributed by atoms with Crippen molar-refractivity contribution in [2.45, 2.75) is 5.16 Å². The number of imidazole rings is 1. The molecule has 18 heavy (non-hydrogen) atoms. The molecule has 2 rings (SSSR count). The average molecular weight is 276 g/mol. The van der Waals surface area contributed by atoms with Gasteiger partial charge in [-0.3, -0.25) is 4.57 Å². The lowest BCUT2D eigenvalue weighted by Gasteiger charge is -2.08. The van der Waals surface area contributed by atoms with E-state index in [2.05, 4.69) is 4.98 Å². The number of rotatable bonds is 2. The molecule has 1 aromatic carbocycles. The number of halogens is 3. The van der Waals surface area contributed by atoms with Crippen LogP contribution in [0.3, 0.4) is 0 Å². The first-order chi connectivity index (χ1) is 8.32. The van der Waals surface area contributed by atoms with Gasteiger partial charge in [-0.2, -0.15) is 0 Å². The second-order valence-electron chi connectivity index (χ2n) is 3.55. The van der Waals surface area contributed by atoms with Crippen LogP contribution in [-0.2, 0) is 9.84 Å². The van der Waals surface area contributed by atoms with Crippen molar-refractivity contribution in [3.05, 3.63) is 42.0 Å². The van der Waals surface area contributed by atoms with Crippen molar-refractivity contribution < 1.29 is 21.6 Å². The Bertz CT molecular complexity index is 710. The van der Waals surface area contributed by atoms with Crippen LogP contribution in [0.2, 0.25) is 0 Å². The molecule has 96 valence electrons. The Labute approximate surface area is 101 Å². The standard InChI is InChI=1S/C10H7F3N2O2S/c1-18(16,17)10-14-4-5-15(10)7-3-2-6(11)8(12)9(7)13/h2-5H,1H3. The van der Waals surface area contributed by atoms with Gasteiger partial charge in [-0.25, -0.2) is 26.6 Å². The summed E-state index contributed by atoms with van der Waals surface area (Å²) in [6.45, 7) is 0. The minimum atomic E-state index is -3.71. The van der Waals surface area contributed by atoms with Gasteiger partial charge >= 0.3 is 0 Å². The summed E-state index contributed by atoms with van der Waals surface area (Å²) in [5.74, 6) is -4.49. The molecule has 1 aromatic heterocycles. The Morgan fingerprint density at radius 3 is 2.44 bits per heavy atom. The smallest absolute Gasteiger partial charge is 0.232 e. The van der Waals surface area contributed by atoms with Crippen LogP contribution in [0.4, 0.5) is 13.2 Å². The van der Waals surface area contributed by atoms with E-state index in [1.165, 1.54) is 0 Å². The Morgan fingerprint density at radius 1 is 1.17 bits per heavy atom. The van der Waals surface area contributed by atoms with E-state index in [-0.39, 0.29) is 0 Å². The van der Waals surface area contributed by atoms with Crippen molar-refractivity contribution in [3.8, 4) is 5.69 Å². The van der Waals surface area contributed by atoms with Gasteiger partial charge in [0, 0.05) is 18.6 Å². The zero-order chi connectivity index (χ0) is 13.5. The van der Waals surface area contributed by atoms with Crippen LogP contribution in [0.15, 0.2) is 29.7 Å². The topological polar surface area (TPSA) is 52.0 Å². The first kappa shape index (κ1) is 12.6. The maximum atomic E-state index is 13.5. The predicted molar refractivity (Wildman–Crippen MR) is 56.5 cm³/mol. The van der Waals surface area contributed by atoms with Crippen LogP contribution in [-0.4, -0.2) is 24.2 Å². The lowest BCUT2D eigenvalue weighted by Crippen LogP contribution is -2.09. The molecule has 8 heteroatoms. The van der Waals surface area contributed by atoms with E-state index >= 15 is 0 Å². The number of nitrogens with zero attached hydrogens (tertiary/aromatic N) is 2. The quantitative estimate of drug-likeness (QED) is 0.784. The molecule has 2 aromatic rings. The van der Waals surface area contributed by atoms with Crippen LogP contribution >= 0.6 is 0 Å². The van der Waals surface area contributed by atoms with Gasteiger partial charge in [0.2, 0.25) is 15.0 Å². The molecule has 0 spiro atoms. The highest BCUT2D eigenvalue weighted by atomic mass is 32.2. The zero-order valence-corrected chi connectivity index (χ0v) is 9.88. The van der Waals surface area contributed by atoms with Crippen molar-refractivity contribution in [2.75, 3.05) is 6.26 Å². The van der Waals surface area contributed by atoms with Crippen molar-refractivity contribution >= 4 is 9.84 Å². The van der Waals surface area contributed by atoms with Gasteiger partial charge < -0.3 is 0 Å². The Morgan fingerprint density at radius 2 is 1.83 bits per heavy atom. The summed E-state index contributed by atoms with van der Waals surface area (Å²) in [4.78, 5) is 3.55. The lowest BCUT2D eigenvalue weighted by atomic mass is 10.3. The van der Waals surface area contributed by atoms with Gasteiger partial charge in [-0.05, 0) is 12.1 Å². The van der Waals surface area contributed by atoms with E-state index in [1.807, 2.05) is 0 Å². The molecule has 0 aliphatic rings. The van der Waals surface area contributed by atoms with Gasteiger partial charge in [0.15, 0.2) is 17.5 Å². The number of sulfone groups is 1. The van der Waals surface area contributed by atoms with Gasteiger partial charge in [0.25, 0.3) is 0 Å². The molecule has 0 saturated heterocycles. The van der Waals surface area contributed by atoms with Gasteiger partial charge in [-0.15, -0.1) is 0 Å². The van der Waals surface area contributed by atoms with Crippen LogP contribution in [0.5, 0.6) is 0 Å². The second kappa shape index (κ2) is 4.13. The first-order valence-corrected chi connectivity index (χ1v) is 6.59. The molecule has 0 N–H and O–H groups in total. The molecule has 1 heterocycles. The summed E-state index contributed by atoms with van der Waals surface area (Å²) in [7, 11) is -3.71. The summed E-state index contributed by atoms with van der Waals surface area (Å²) < 4.78 is 63.0. The van der Waals surface area contributed by atoms with E-state index in [0.717, 1.165) is 29.3 Å². The van der Waals surface area contributed by atoms with E-state index in [4.69, 9.17) is 0 Å².